The van der Waals surface area contributed by atoms with Gasteiger partial charge < -0.3 is 9.80 Å². The number of carbonyl (C=O) groups excluding carboxylic acids is 2. The molecule has 2 aliphatic heterocycles. The molecule has 5 nitrogen and oxygen atoms in total. The molecule has 0 N–H and O–H groups in total. The van der Waals surface area contributed by atoms with Crippen LogP contribution >= 0.6 is 11.6 Å². The molecule has 4 rings (SSSR count). The van der Waals surface area contributed by atoms with Gasteiger partial charge in [0.2, 0.25) is 0 Å². The maximum absolute atomic E-state index is 13.3. The normalized spacial score (nSPS) is 17.2. The maximum atomic E-state index is 13.3. The van der Waals surface area contributed by atoms with Gasteiger partial charge in [-0.2, -0.15) is 0 Å². The molecule has 2 heterocycles. The maximum Gasteiger partial charge on any atom is 0.277 e. The third kappa shape index (κ3) is 4.33. The summed E-state index contributed by atoms with van der Waals surface area (Å²) in [5.74, 6) is -0.371. The van der Waals surface area contributed by atoms with Crippen molar-refractivity contribution >= 4 is 34.7 Å². The first kappa shape index (κ1) is 21.4. The third-order valence-corrected chi connectivity index (χ3v) is 6.23. The number of hydrogen-bond donors (Lipinski definition) is 0. The number of nitrogens with zero attached hydrogens (tertiary/aromatic N) is 3. The molecule has 0 bridgehead atoms. The molecule has 1 saturated heterocycles. The van der Waals surface area contributed by atoms with Crippen LogP contribution in [-0.4, -0.2) is 54.3 Å². The van der Waals surface area contributed by atoms with Gasteiger partial charge in [-0.05, 0) is 48.7 Å². The van der Waals surface area contributed by atoms with Crippen molar-refractivity contribution in [3.8, 4) is 0 Å². The number of carbonyl (C=O) groups is 2. The quantitative estimate of drug-likeness (QED) is 0.630. The second-order valence-electron chi connectivity index (χ2n) is 8.16. The second kappa shape index (κ2) is 9.15. The highest BCUT2D eigenvalue weighted by Gasteiger charge is 2.41. The lowest BCUT2D eigenvalue weighted by molar-refractivity contribution is -0.137. The highest BCUT2D eigenvalue weighted by molar-refractivity contribution is 6.36. The molecule has 1 fully saturated rings. The van der Waals surface area contributed by atoms with Crippen LogP contribution in [0.5, 0.6) is 0 Å². The molecule has 0 aliphatic carbocycles. The van der Waals surface area contributed by atoms with E-state index in [1.165, 1.54) is 16.2 Å². The Hall–Kier alpha value is -2.79. The fourth-order valence-electron chi connectivity index (χ4n) is 4.27. The largest absolute Gasteiger partial charge is 0.368 e. The van der Waals surface area contributed by atoms with Gasteiger partial charge in [-0.25, -0.2) is 0 Å². The van der Waals surface area contributed by atoms with Crippen LogP contribution in [0.2, 0.25) is 5.02 Å². The summed E-state index contributed by atoms with van der Waals surface area (Å²) in [6.07, 6.45) is 1.73. The van der Waals surface area contributed by atoms with Crippen LogP contribution in [-0.2, 0) is 9.59 Å². The van der Waals surface area contributed by atoms with Gasteiger partial charge in [0.1, 0.15) is 5.70 Å². The van der Waals surface area contributed by atoms with E-state index in [-0.39, 0.29) is 11.8 Å². The Morgan fingerprint density at radius 1 is 0.903 bits per heavy atom. The van der Waals surface area contributed by atoms with Crippen LogP contribution < -0.4 is 4.90 Å². The Kier molecular flexibility index (Phi) is 6.33. The number of benzene rings is 2. The zero-order valence-corrected chi connectivity index (χ0v) is 18.9. The van der Waals surface area contributed by atoms with E-state index in [1.807, 2.05) is 12.1 Å². The van der Waals surface area contributed by atoms with Crippen molar-refractivity contribution in [2.24, 2.45) is 0 Å². The molecule has 0 spiro atoms. The number of imide groups is 1. The van der Waals surface area contributed by atoms with Gasteiger partial charge in [0.05, 0.1) is 5.57 Å². The van der Waals surface area contributed by atoms with E-state index in [1.54, 1.807) is 12.1 Å². The lowest BCUT2D eigenvalue weighted by Gasteiger charge is -2.37. The number of unbranched alkanes of at least 4 members (excludes halogenated alkanes) is 1. The minimum Gasteiger partial charge on any atom is -0.368 e. The SMILES string of the molecule is CCCCN1C(=O)C(c2ccc(Cl)cc2)=C(N2CCN(c3cccc(C)c3)CC2)C1=O. The third-order valence-electron chi connectivity index (χ3n) is 5.97. The highest BCUT2D eigenvalue weighted by atomic mass is 35.5. The molecule has 0 radical (unpaired) electrons. The molecular weight excluding hydrogens is 410 g/mol. The highest BCUT2D eigenvalue weighted by Crippen LogP contribution is 2.33. The number of piperazine rings is 1. The molecule has 2 amide bonds. The molecule has 0 atom stereocenters. The van der Waals surface area contributed by atoms with Crippen molar-refractivity contribution < 1.29 is 9.59 Å². The van der Waals surface area contributed by atoms with Crippen LogP contribution in [0.1, 0.15) is 30.9 Å². The summed E-state index contributed by atoms with van der Waals surface area (Å²) < 4.78 is 0. The molecule has 6 heteroatoms. The smallest absolute Gasteiger partial charge is 0.277 e. The van der Waals surface area contributed by atoms with E-state index in [9.17, 15) is 9.59 Å². The van der Waals surface area contributed by atoms with Gasteiger partial charge in [-0.3, -0.25) is 14.5 Å². The predicted octanol–water partition coefficient (Wildman–Crippen LogP) is 4.35. The second-order valence-corrected chi connectivity index (χ2v) is 8.60. The molecule has 2 aromatic carbocycles. The predicted molar refractivity (Wildman–Crippen MR) is 125 cm³/mol. The molecule has 31 heavy (non-hydrogen) atoms. The summed E-state index contributed by atoms with van der Waals surface area (Å²) in [6.45, 7) is 7.61. The molecule has 2 aromatic rings. The van der Waals surface area contributed by atoms with E-state index in [4.69, 9.17) is 11.6 Å². The lowest BCUT2D eigenvalue weighted by Crippen LogP contribution is -2.47. The molecule has 162 valence electrons. The minimum atomic E-state index is -0.197. The first-order valence-corrected chi connectivity index (χ1v) is 11.3. The fraction of sp³-hybridized carbons (Fsp3) is 0.360. The number of anilines is 1. The van der Waals surface area contributed by atoms with Crippen LogP contribution in [0.4, 0.5) is 5.69 Å². The lowest BCUT2D eigenvalue weighted by atomic mass is 10.0. The Labute approximate surface area is 188 Å². The monoisotopic (exact) mass is 437 g/mol. The van der Waals surface area contributed by atoms with E-state index < -0.39 is 0 Å². The molecule has 0 unspecified atom stereocenters. The standard InChI is InChI=1S/C25H28ClN3O2/c1-3-4-12-29-24(30)22(19-8-10-20(26)11-9-19)23(25(29)31)28-15-13-27(14-16-28)21-7-5-6-18(2)17-21/h5-11,17H,3-4,12-16H2,1-2H3. The zero-order chi connectivity index (χ0) is 22.0. The Morgan fingerprint density at radius 3 is 2.23 bits per heavy atom. The summed E-state index contributed by atoms with van der Waals surface area (Å²) in [6, 6.07) is 15.7. The summed E-state index contributed by atoms with van der Waals surface area (Å²) in [5, 5.41) is 0.609. The number of amides is 2. The van der Waals surface area contributed by atoms with Gasteiger partial charge in [0.15, 0.2) is 0 Å². The van der Waals surface area contributed by atoms with E-state index in [0.717, 1.165) is 31.5 Å². The average molecular weight is 438 g/mol. The Bertz CT molecular complexity index is 1010. The summed E-state index contributed by atoms with van der Waals surface area (Å²) in [5.41, 5.74) is 4.22. The van der Waals surface area contributed by atoms with E-state index >= 15 is 0 Å². The number of aryl methyl sites for hydroxylation is 1. The van der Waals surface area contributed by atoms with Gasteiger partial charge in [0, 0.05) is 43.4 Å². The Morgan fingerprint density at radius 2 is 1.58 bits per heavy atom. The first-order chi connectivity index (χ1) is 15.0. The average Bonchev–Trinajstić information content (AvgIpc) is 3.02. The zero-order valence-electron chi connectivity index (χ0n) is 18.1. The van der Waals surface area contributed by atoms with Crippen LogP contribution in [0, 0.1) is 6.92 Å². The van der Waals surface area contributed by atoms with Crippen molar-refractivity contribution in [1.82, 2.24) is 9.80 Å². The van der Waals surface area contributed by atoms with Crippen LogP contribution in [0.15, 0.2) is 54.2 Å². The Balaban J connectivity index is 1.62. The minimum absolute atomic E-state index is 0.174. The molecule has 0 aromatic heterocycles. The van der Waals surface area contributed by atoms with Crippen molar-refractivity contribution in [3.63, 3.8) is 0 Å². The summed E-state index contributed by atoms with van der Waals surface area (Å²) >= 11 is 6.06. The summed E-state index contributed by atoms with van der Waals surface area (Å²) in [4.78, 5) is 32.4. The number of hydrogen-bond acceptors (Lipinski definition) is 4. The van der Waals surface area contributed by atoms with Crippen molar-refractivity contribution in [1.29, 1.82) is 0 Å². The summed E-state index contributed by atoms with van der Waals surface area (Å²) in [7, 11) is 0. The van der Waals surface area contributed by atoms with Crippen molar-refractivity contribution in [3.05, 3.63) is 70.4 Å². The molecule has 2 aliphatic rings. The van der Waals surface area contributed by atoms with Gasteiger partial charge >= 0.3 is 0 Å². The molecule has 0 saturated carbocycles. The first-order valence-electron chi connectivity index (χ1n) is 10.9. The van der Waals surface area contributed by atoms with E-state index in [0.29, 0.717) is 35.9 Å². The number of rotatable bonds is 6. The van der Waals surface area contributed by atoms with Gasteiger partial charge in [0.25, 0.3) is 11.8 Å². The topological polar surface area (TPSA) is 43.9 Å². The van der Waals surface area contributed by atoms with Gasteiger partial charge in [-0.1, -0.05) is 49.2 Å². The van der Waals surface area contributed by atoms with Crippen molar-refractivity contribution in [2.75, 3.05) is 37.6 Å². The fourth-order valence-corrected chi connectivity index (χ4v) is 4.39. The van der Waals surface area contributed by atoms with E-state index in [2.05, 4.69) is 47.9 Å². The van der Waals surface area contributed by atoms with Gasteiger partial charge in [-0.15, -0.1) is 0 Å². The van der Waals surface area contributed by atoms with Crippen LogP contribution in [0.25, 0.3) is 5.57 Å². The number of halogens is 1. The van der Waals surface area contributed by atoms with Crippen LogP contribution in [0.3, 0.4) is 0 Å². The molecular formula is C25H28ClN3O2. The van der Waals surface area contributed by atoms with Crippen molar-refractivity contribution in [2.45, 2.75) is 26.7 Å².